The van der Waals surface area contributed by atoms with E-state index in [1.165, 1.54) is 45.6 Å². The molecule has 0 aliphatic rings. The van der Waals surface area contributed by atoms with Gasteiger partial charge in [-0.3, -0.25) is 0 Å². The highest BCUT2D eigenvalue weighted by Crippen LogP contribution is 2.34. The monoisotopic (exact) mass is 362 g/mol. The Morgan fingerprint density at radius 1 is 0.885 bits per heavy atom. The van der Waals surface area contributed by atoms with Gasteiger partial charge in [-0.15, -0.1) is 0 Å². The van der Waals surface area contributed by atoms with Gasteiger partial charge in [-0.25, -0.2) is 4.79 Å². The molecule has 0 saturated heterocycles. The van der Waals surface area contributed by atoms with Crippen LogP contribution < -0.4 is 19.8 Å². The first-order valence-electron chi connectivity index (χ1n) is 9.53. The van der Waals surface area contributed by atoms with Gasteiger partial charge < -0.3 is 18.6 Å². The van der Waals surface area contributed by atoms with E-state index in [2.05, 4.69) is 6.92 Å². The molecule has 0 spiro atoms. The van der Waals surface area contributed by atoms with Gasteiger partial charge in [0, 0.05) is 6.07 Å². The van der Waals surface area contributed by atoms with Crippen LogP contribution in [0.2, 0.25) is 0 Å². The van der Waals surface area contributed by atoms with Crippen molar-refractivity contribution in [2.45, 2.75) is 58.3 Å². The van der Waals surface area contributed by atoms with Crippen LogP contribution in [0.15, 0.2) is 27.4 Å². The molecule has 5 heteroatoms. The molecule has 0 amide bonds. The van der Waals surface area contributed by atoms with Gasteiger partial charge in [0.2, 0.25) is 5.75 Å². The molecule has 0 atom stereocenters. The maximum absolute atomic E-state index is 12.1. The number of hydrogen-bond donors (Lipinski definition) is 0. The second-order valence-corrected chi connectivity index (χ2v) is 6.44. The van der Waals surface area contributed by atoms with E-state index in [1.807, 2.05) is 12.1 Å². The zero-order valence-electron chi connectivity index (χ0n) is 16.1. The Kier molecular flexibility index (Phi) is 8.32. The summed E-state index contributed by atoms with van der Waals surface area (Å²) < 4.78 is 21.6. The predicted molar refractivity (Wildman–Crippen MR) is 104 cm³/mol. The normalized spacial score (nSPS) is 10.9. The summed E-state index contributed by atoms with van der Waals surface area (Å²) in [5, 5.41) is 0.710. The molecule has 2 rings (SSSR count). The van der Waals surface area contributed by atoms with Gasteiger partial charge in [0.1, 0.15) is 11.3 Å². The molecule has 0 bridgehead atoms. The lowest BCUT2D eigenvalue weighted by Crippen LogP contribution is -2.08. The van der Waals surface area contributed by atoms with Gasteiger partial charge in [0.15, 0.2) is 5.75 Å². The Labute approximate surface area is 155 Å². The molecule has 1 aromatic heterocycles. The van der Waals surface area contributed by atoms with Crippen molar-refractivity contribution < 1.29 is 18.6 Å². The highest BCUT2D eigenvalue weighted by Gasteiger charge is 2.17. The van der Waals surface area contributed by atoms with Crippen LogP contribution in [0.4, 0.5) is 0 Å². The first kappa shape index (κ1) is 20.1. The summed E-state index contributed by atoms with van der Waals surface area (Å²) in [7, 11) is 3.02. The van der Waals surface area contributed by atoms with E-state index in [4.69, 9.17) is 18.6 Å². The number of benzene rings is 1. The van der Waals surface area contributed by atoms with E-state index in [0.29, 0.717) is 29.1 Å². The quantitative estimate of drug-likeness (QED) is 0.377. The summed E-state index contributed by atoms with van der Waals surface area (Å²) in [6, 6.07) is 5.31. The molecular weight excluding hydrogens is 332 g/mol. The fourth-order valence-electron chi connectivity index (χ4n) is 2.99. The Morgan fingerprint density at radius 2 is 1.58 bits per heavy atom. The number of rotatable bonds is 12. The molecule has 0 saturated carbocycles. The molecule has 26 heavy (non-hydrogen) atoms. The summed E-state index contributed by atoms with van der Waals surface area (Å²) in [5.74, 6) is 1.19. The van der Waals surface area contributed by atoms with E-state index < -0.39 is 5.63 Å². The Bertz CT molecular complexity index is 735. The molecule has 1 aromatic carbocycles. The van der Waals surface area contributed by atoms with Gasteiger partial charge in [-0.1, -0.05) is 51.9 Å². The maximum Gasteiger partial charge on any atom is 0.383 e. The molecule has 0 aliphatic carbocycles. The zero-order valence-corrected chi connectivity index (χ0v) is 16.1. The topological polar surface area (TPSA) is 57.9 Å². The second-order valence-electron chi connectivity index (χ2n) is 6.44. The average molecular weight is 362 g/mol. The van der Waals surface area contributed by atoms with E-state index in [1.54, 1.807) is 13.2 Å². The molecule has 5 nitrogen and oxygen atoms in total. The third-order valence-electron chi connectivity index (χ3n) is 4.48. The average Bonchev–Trinajstić information content (AvgIpc) is 2.65. The molecule has 0 radical (unpaired) electrons. The van der Waals surface area contributed by atoms with Gasteiger partial charge in [0.05, 0.1) is 26.2 Å². The van der Waals surface area contributed by atoms with Crippen LogP contribution in [0, 0.1) is 0 Å². The van der Waals surface area contributed by atoms with Crippen LogP contribution in [0.3, 0.4) is 0 Å². The van der Waals surface area contributed by atoms with Crippen molar-refractivity contribution in [2.75, 3.05) is 20.8 Å². The minimum Gasteiger partial charge on any atom is -0.497 e. The van der Waals surface area contributed by atoms with E-state index in [0.717, 1.165) is 12.8 Å². The van der Waals surface area contributed by atoms with Crippen LogP contribution in [0.5, 0.6) is 17.2 Å². The summed E-state index contributed by atoms with van der Waals surface area (Å²) in [6.45, 7) is 2.78. The SMILES string of the molecule is CCCCCCCCCCOc1c(OC)c(=O)oc2cc(OC)ccc12. The van der Waals surface area contributed by atoms with Crippen molar-refractivity contribution in [2.24, 2.45) is 0 Å². The first-order valence-corrected chi connectivity index (χ1v) is 9.53. The van der Waals surface area contributed by atoms with Crippen LogP contribution in [-0.4, -0.2) is 20.8 Å². The van der Waals surface area contributed by atoms with Crippen LogP contribution in [-0.2, 0) is 0 Å². The minimum atomic E-state index is -0.542. The fourth-order valence-corrected chi connectivity index (χ4v) is 2.99. The lowest BCUT2D eigenvalue weighted by Gasteiger charge is -2.12. The maximum atomic E-state index is 12.1. The van der Waals surface area contributed by atoms with Crippen molar-refractivity contribution in [3.63, 3.8) is 0 Å². The largest absolute Gasteiger partial charge is 0.497 e. The first-order chi connectivity index (χ1) is 12.7. The van der Waals surface area contributed by atoms with Crippen LogP contribution >= 0.6 is 0 Å². The Morgan fingerprint density at radius 3 is 2.23 bits per heavy atom. The van der Waals surface area contributed by atoms with E-state index >= 15 is 0 Å². The minimum absolute atomic E-state index is 0.113. The van der Waals surface area contributed by atoms with Crippen molar-refractivity contribution in [3.8, 4) is 17.2 Å². The number of unbranched alkanes of at least 4 members (excludes halogenated alkanes) is 7. The van der Waals surface area contributed by atoms with Gasteiger partial charge in [-0.2, -0.15) is 0 Å². The van der Waals surface area contributed by atoms with Gasteiger partial charge in [-0.05, 0) is 18.6 Å². The molecule has 0 aliphatic heterocycles. The molecule has 0 fully saturated rings. The van der Waals surface area contributed by atoms with Crippen molar-refractivity contribution in [3.05, 3.63) is 28.6 Å². The van der Waals surface area contributed by atoms with Gasteiger partial charge >= 0.3 is 5.63 Å². The molecule has 144 valence electrons. The highest BCUT2D eigenvalue weighted by atomic mass is 16.5. The number of fused-ring (bicyclic) bond motifs is 1. The fraction of sp³-hybridized carbons (Fsp3) is 0.571. The molecule has 1 heterocycles. The van der Waals surface area contributed by atoms with Gasteiger partial charge in [0.25, 0.3) is 0 Å². The third kappa shape index (κ3) is 5.41. The molecular formula is C21H30O5. The summed E-state index contributed by atoms with van der Waals surface area (Å²) in [6.07, 6.45) is 9.84. The molecule has 0 unspecified atom stereocenters. The zero-order chi connectivity index (χ0) is 18.8. The number of methoxy groups -OCH3 is 2. The third-order valence-corrected chi connectivity index (χ3v) is 4.48. The Hall–Kier alpha value is -2.17. The number of ether oxygens (including phenoxy) is 3. The van der Waals surface area contributed by atoms with Crippen molar-refractivity contribution >= 4 is 11.0 Å². The predicted octanol–water partition coefficient (Wildman–Crippen LogP) is 5.33. The summed E-state index contributed by atoms with van der Waals surface area (Å²) >= 11 is 0. The highest BCUT2D eigenvalue weighted by molar-refractivity contribution is 5.86. The molecule has 2 aromatic rings. The van der Waals surface area contributed by atoms with Crippen molar-refractivity contribution in [1.82, 2.24) is 0 Å². The molecule has 0 N–H and O–H groups in total. The van der Waals surface area contributed by atoms with E-state index in [-0.39, 0.29) is 5.75 Å². The van der Waals surface area contributed by atoms with Crippen LogP contribution in [0.25, 0.3) is 11.0 Å². The second kappa shape index (κ2) is 10.7. The number of hydrogen-bond acceptors (Lipinski definition) is 5. The summed E-state index contributed by atoms with van der Waals surface area (Å²) in [4.78, 5) is 12.1. The lowest BCUT2D eigenvalue weighted by molar-refractivity contribution is 0.280. The lowest BCUT2D eigenvalue weighted by atomic mass is 10.1. The smallest absolute Gasteiger partial charge is 0.383 e. The van der Waals surface area contributed by atoms with E-state index in [9.17, 15) is 4.79 Å². The standard InChI is InChI=1S/C21H30O5/c1-4-5-6-7-8-9-10-11-14-25-19-17-13-12-16(23-2)15-18(17)26-21(22)20(19)24-3/h12-13,15H,4-11,14H2,1-3H3. The van der Waals surface area contributed by atoms with Crippen molar-refractivity contribution in [1.29, 1.82) is 0 Å². The Balaban J connectivity index is 1.96. The summed E-state index contributed by atoms with van der Waals surface area (Å²) in [5.41, 5.74) is -0.111. The van der Waals surface area contributed by atoms with Crippen LogP contribution in [0.1, 0.15) is 58.3 Å².